The molecule has 5 heteroatoms. The molecule has 72 valence electrons. The summed E-state index contributed by atoms with van der Waals surface area (Å²) in [6.07, 6.45) is 0.322. The van der Waals surface area contributed by atoms with Crippen molar-refractivity contribution >= 4 is 10.0 Å². The third-order valence-electron chi connectivity index (χ3n) is 2.06. The summed E-state index contributed by atoms with van der Waals surface area (Å²) in [6, 6.07) is 0. The Morgan fingerprint density at radius 3 is 2.67 bits per heavy atom. The smallest absolute Gasteiger partial charge is 0.212 e. The second-order valence-electron chi connectivity index (χ2n) is 2.89. The number of hydrogen-bond acceptors (Lipinski definition) is 3. The molecule has 4 nitrogen and oxygen atoms in total. The Morgan fingerprint density at radius 2 is 2.25 bits per heavy atom. The zero-order valence-corrected chi connectivity index (χ0v) is 7.47. The first-order valence-corrected chi connectivity index (χ1v) is 5.34. The molecule has 0 bridgehead atoms. The summed E-state index contributed by atoms with van der Waals surface area (Å²) in [7, 11) is -3.62. The van der Waals surface area contributed by atoms with Crippen LogP contribution < -0.4 is 5.14 Å². The Labute approximate surface area is 80.8 Å². The summed E-state index contributed by atoms with van der Waals surface area (Å²) in [4.78, 5) is 1.15. The number of likely N-dealkylation sites (tertiary alicyclic amines) is 1. The highest BCUT2D eigenvalue weighted by molar-refractivity contribution is 7.89. The van der Waals surface area contributed by atoms with Gasteiger partial charge in [0, 0.05) is 6.85 Å². The number of nitrogens with two attached hydrogens (primary N) is 1. The summed E-state index contributed by atoms with van der Waals surface area (Å²) in [5.41, 5.74) is 0. The van der Waals surface area contributed by atoms with Crippen molar-refractivity contribution in [2.75, 3.05) is 19.6 Å². The number of primary sulfonamides is 1. The quantitative estimate of drug-likeness (QED) is 0.664. The molecule has 1 aliphatic rings. The van der Waals surface area contributed by atoms with E-state index in [1.165, 1.54) is 0 Å². The van der Waals surface area contributed by atoms with Crippen LogP contribution in [0.4, 0.5) is 0 Å². The molecular weight excluding hydrogens is 176 g/mol. The number of sulfonamides is 1. The second kappa shape index (κ2) is 3.72. The number of nitrogens with zero attached hydrogens (tertiary/aromatic N) is 1. The Kier molecular flexibility index (Phi) is 1.53. The minimum absolute atomic E-state index is 0.0759. The molecule has 0 saturated carbocycles. The summed E-state index contributed by atoms with van der Waals surface area (Å²) >= 11 is 0. The lowest BCUT2D eigenvalue weighted by molar-refractivity contribution is 0.241. The van der Waals surface area contributed by atoms with Crippen LogP contribution in [-0.4, -0.2) is 38.2 Å². The van der Waals surface area contributed by atoms with Crippen molar-refractivity contribution in [1.82, 2.24) is 4.90 Å². The zero-order chi connectivity index (χ0) is 13.5. The fraction of sp³-hybridized carbons (Fsp3) is 1.00. The first-order valence-electron chi connectivity index (χ1n) is 6.23. The zero-order valence-electron chi connectivity index (χ0n) is 11.7. The van der Waals surface area contributed by atoms with Crippen LogP contribution >= 0.6 is 0 Å². The minimum Gasteiger partial charge on any atom is -0.304 e. The monoisotopic (exact) mass is 197 g/mol. The molecule has 0 amide bonds. The van der Waals surface area contributed by atoms with Gasteiger partial charge in [-0.2, -0.15) is 0 Å². The predicted octanol–water partition coefficient (Wildman–Crippen LogP) is -0.241. The van der Waals surface area contributed by atoms with Crippen LogP contribution in [0.1, 0.15) is 26.5 Å². The van der Waals surface area contributed by atoms with Gasteiger partial charge in [0.1, 0.15) is 0 Å². The van der Waals surface area contributed by atoms with Gasteiger partial charge in [0.2, 0.25) is 10.0 Å². The molecule has 0 aromatic rings. The lowest BCUT2D eigenvalue weighted by Gasteiger charge is -2.29. The van der Waals surface area contributed by atoms with Gasteiger partial charge in [-0.15, -0.1) is 0 Å². The van der Waals surface area contributed by atoms with E-state index in [-0.39, 0.29) is 25.9 Å². The lowest BCUT2D eigenvalue weighted by Crippen LogP contribution is -2.41. The number of rotatable bonds is 2. The molecular formula is C7H16N2O2S. The summed E-state index contributed by atoms with van der Waals surface area (Å²) in [5.74, 6) is 0. The Hall–Kier alpha value is -0.130. The van der Waals surface area contributed by atoms with Gasteiger partial charge in [-0.05, 0) is 32.4 Å². The molecule has 1 fully saturated rings. The van der Waals surface area contributed by atoms with Gasteiger partial charge < -0.3 is 4.90 Å². The molecule has 1 heterocycles. The first-order chi connectivity index (χ1) is 7.46. The van der Waals surface area contributed by atoms with Crippen molar-refractivity contribution in [1.29, 1.82) is 0 Å². The Bertz CT molecular complexity index is 372. The molecule has 0 unspecified atom stereocenters. The maximum absolute atomic E-state index is 11.1. The Balaban J connectivity index is 2.71. The van der Waals surface area contributed by atoms with Crippen LogP contribution in [0.25, 0.3) is 0 Å². The standard InChI is InChI=1S/C7H16N2O2S/c1-2-9-5-3-7(4-6-9)12(8,10)11/h7H,2-6H2,1H3,(H2,8,10,11)/i1D3,2D2. The maximum atomic E-state index is 11.1. The molecule has 0 aromatic heterocycles. The van der Waals surface area contributed by atoms with Crippen molar-refractivity contribution in [3.63, 3.8) is 0 Å². The maximum Gasteiger partial charge on any atom is 0.212 e. The van der Waals surface area contributed by atoms with E-state index in [4.69, 9.17) is 12.0 Å². The van der Waals surface area contributed by atoms with Crippen LogP contribution in [-0.2, 0) is 10.0 Å². The first kappa shape index (κ1) is 4.93. The van der Waals surface area contributed by atoms with Gasteiger partial charge in [0.05, 0.1) is 5.25 Å². The van der Waals surface area contributed by atoms with Crippen molar-refractivity contribution in [3.8, 4) is 0 Å². The molecule has 0 atom stereocenters. The van der Waals surface area contributed by atoms with E-state index in [0.717, 1.165) is 4.90 Å². The average Bonchev–Trinajstić information content (AvgIpc) is 2.15. The highest BCUT2D eigenvalue weighted by atomic mass is 32.2. The summed E-state index contributed by atoms with van der Waals surface area (Å²) in [5, 5.41) is 4.30. The van der Waals surface area contributed by atoms with Crippen LogP contribution in [0, 0.1) is 0 Å². The topological polar surface area (TPSA) is 63.4 Å². The van der Waals surface area contributed by atoms with Crippen molar-refractivity contribution < 1.29 is 15.3 Å². The lowest BCUT2D eigenvalue weighted by atomic mass is 10.1. The summed E-state index contributed by atoms with van der Waals surface area (Å²) in [6.45, 7) is -5.03. The van der Waals surface area contributed by atoms with Gasteiger partial charge in [0.15, 0.2) is 0 Å². The van der Waals surface area contributed by atoms with E-state index in [1.54, 1.807) is 0 Å². The van der Waals surface area contributed by atoms with E-state index < -0.39 is 28.6 Å². The largest absolute Gasteiger partial charge is 0.304 e. The van der Waals surface area contributed by atoms with Crippen LogP contribution in [0.2, 0.25) is 0 Å². The van der Waals surface area contributed by atoms with E-state index in [0.29, 0.717) is 0 Å². The normalized spacial score (nSPS) is 31.2. The van der Waals surface area contributed by atoms with Crippen LogP contribution in [0.3, 0.4) is 0 Å². The van der Waals surface area contributed by atoms with Crippen molar-refractivity contribution in [3.05, 3.63) is 0 Å². The van der Waals surface area contributed by atoms with Crippen LogP contribution in [0.5, 0.6) is 0 Å². The van der Waals surface area contributed by atoms with E-state index in [2.05, 4.69) is 0 Å². The van der Waals surface area contributed by atoms with Crippen molar-refractivity contribution in [2.45, 2.75) is 24.9 Å². The highest BCUT2D eigenvalue weighted by Gasteiger charge is 2.26. The van der Waals surface area contributed by atoms with Gasteiger partial charge in [-0.25, -0.2) is 13.6 Å². The van der Waals surface area contributed by atoms with Gasteiger partial charge >= 0.3 is 0 Å². The molecule has 12 heavy (non-hydrogen) atoms. The molecule has 0 spiro atoms. The SMILES string of the molecule is [2H]C([2H])([2H])C([2H])([2H])N1CCC(S(N)(=O)=O)CC1. The Morgan fingerprint density at radius 1 is 1.67 bits per heavy atom. The fourth-order valence-electron chi connectivity index (χ4n) is 1.30. The van der Waals surface area contributed by atoms with Gasteiger partial charge in [-0.1, -0.05) is 6.85 Å². The molecule has 0 radical (unpaired) electrons. The molecule has 2 N–H and O–H groups in total. The van der Waals surface area contributed by atoms with E-state index in [9.17, 15) is 8.42 Å². The molecule has 1 aliphatic heterocycles. The fourth-order valence-corrected chi connectivity index (χ4v) is 2.16. The van der Waals surface area contributed by atoms with Crippen molar-refractivity contribution in [2.24, 2.45) is 5.14 Å². The van der Waals surface area contributed by atoms with Gasteiger partial charge in [0.25, 0.3) is 0 Å². The van der Waals surface area contributed by atoms with Gasteiger partial charge in [-0.3, -0.25) is 0 Å². The average molecular weight is 197 g/mol. The van der Waals surface area contributed by atoms with E-state index >= 15 is 0 Å². The second-order valence-corrected chi connectivity index (χ2v) is 4.73. The third-order valence-corrected chi connectivity index (χ3v) is 3.47. The number of piperidine rings is 1. The minimum atomic E-state index is -3.62. The van der Waals surface area contributed by atoms with Crippen LogP contribution in [0.15, 0.2) is 0 Å². The molecule has 1 rings (SSSR count). The molecule has 0 aliphatic carbocycles. The number of hydrogen-bond donors (Lipinski definition) is 1. The summed E-state index contributed by atoms with van der Waals surface area (Å²) < 4.78 is 58.6. The third kappa shape index (κ3) is 2.43. The molecule has 0 aromatic carbocycles. The molecule has 1 saturated heterocycles. The van der Waals surface area contributed by atoms with E-state index in [1.807, 2.05) is 0 Å². The highest BCUT2D eigenvalue weighted by Crippen LogP contribution is 2.14. The predicted molar refractivity (Wildman–Crippen MR) is 48.2 cm³/mol.